The van der Waals surface area contributed by atoms with Crippen LogP contribution in [0.15, 0.2) is 42.5 Å². The number of carbonyl (C=O) groups is 2. The van der Waals surface area contributed by atoms with E-state index in [1.807, 2.05) is 0 Å². The Morgan fingerprint density at radius 2 is 1.74 bits per heavy atom. The van der Waals surface area contributed by atoms with Gasteiger partial charge in [-0.25, -0.2) is 4.79 Å². The van der Waals surface area contributed by atoms with Crippen LogP contribution < -0.4 is 14.8 Å². The lowest BCUT2D eigenvalue weighted by atomic mass is 10.1. The summed E-state index contributed by atoms with van der Waals surface area (Å²) in [4.78, 5) is 23.5. The summed E-state index contributed by atoms with van der Waals surface area (Å²) in [5.41, 5.74) is -1.12. The minimum atomic E-state index is -4.60. The highest BCUT2D eigenvalue weighted by Crippen LogP contribution is 2.34. The molecule has 0 aliphatic rings. The quantitative estimate of drug-likeness (QED) is 0.773. The van der Waals surface area contributed by atoms with Gasteiger partial charge in [-0.15, -0.1) is 0 Å². The molecule has 1 amide bonds. The van der Waals surface area contributed by atoms with Gasteiger partial charge in [0.1, 0.15) is 0 Å². The zero-order valence-corrected chi connectivity index (χ0v) is 14.4. The lowest BCUT2D eigenvalue weighted by molar-refractivity contribution is -0.137. The number of rotatable bonds is 6. The van der Waals surface area contributed by atoms with Crippen LogP contribution in [0.2, 0.25) is 0 Å². The Labute approximate surface area is 152 Å². The second-order valence-electron chi connectivity index (χ2n) is 5.24. The normalized spacial score (nSPS) is 10.9. The van der Waals surface area contributed by atoms with Gasteiger partial charge in [-0.05, 0) is 30.3 Å². The molecule has 1 N–H and O–H groups in total. The van der Waals surface area contributed by atoms with Crippen molar-refractivity contribution in [2.75, 3.05) is 26.1 Å². The van der Waals surface area contributed by atoms with Crippen molar-refractivity contribution in [1.29, 1.82) is 0 Å². The number of amides is 1. The summed E-state index contributed by atoms with van der Waals surface area (Å²) in [7, 11) is 2.56. The van der Waals surface area contributed by atoms with Gasteiger partial charge in [0.2, 0.25) is 0 Å². The molecule has 0 fully saturated rings. The molecule has 2 rings (SSSR count). The van der Waals surface area contributed by atoms with Crippen molar-refractivity contribution in [2.45, 2.75) is 6.18 Å². The fourth-order valence-corrected chi connectivity index (χ4v) is 2.20. The van der Waals surface area contributed by atoms with Gasteiger partial charge in [0.25, 0.3) is 5.91 Å². The van der Waals surface area contributed by atoms with Crippen molar-refractivity contribution in [2.24, 2.45) is 0 Å². The number of halogens is 3. The molecule has 0 saturated heterocycles. The standard InChI is InChI=1S/C18H16F3NO5/c1-25-15-9-11(17(24)26-2)7-8-14(15)27-10-16(23)22-13-6-4-3-5-12(13)18(19,20)21/h3-9H,10H2,1-2H3,(H,22,23). The first-order chi connectivity index (χ1) is 12.8. The molecular weight excluding hydrogens is 367 g/mol. The van der Waals surface area contributed by atoms with E-state index in [4.69, 9.17) is 9.47 Å². The Morgan fingerprint density at radius 3 is 2.37 bits per heavy atom. The third kappa shape index (κ3) is 5.13. The SMILES string of the molecule is COC(=O)c1ccc(OCC(=O)Nc2ccccc2C(F)(F)F)c(OC)c1. The summed E-state index contributed by atoms with van der Waals surface area (Å²) < 4.78 is 53.8. The van der Waals surface area contributed by atoms with Crippen LogP contribution in [0, 0.1) is 0 Å². The number of nitrogens with one attached hydrogen (secondary N) is 1. The molecule has 0 bridgehead atoms. The first-order valence-electron chi connectivity index (χ1n) is 7.61. The Balaban J connectivity index is 2.07. The van der Waals surface area contributed by atoms with E-state index < -0.39 is 30.2 Å². The van der Waals surface area contributed by atoms with E-state index in [2.05, 4.69) is 10.1 Å². The van der Waals surface area contributed by atoms with Crippen LogP contribution in [-0.4, -0.2) is 32.7 Å². The predicted octanol–water partition coefficient (Wildman–Crippen LogP) is 3.52. The smallest absolute Gasteiger partial charge is 0.418 e. The van der Waals surface area contributed by atoms with Crippen LogP contribution in [0.1, 0.15) is 15.9 Å². The molecule has 6 nitrogen and oxygen atoms in total. The van der Waals surface area contributed by atoms with E-state index >= 15 is 0 Å². The highest BCUT2D eigenvalue weighted by atomic mass is 19.4. The molecule has 0 atom stereocenters. The van der Waals surface area contributed by atoms with Gasteiger partial charge in [-0.3, -0.25) is 4.79 Å². The molecular formula is C18H16F3NO5. The Morgan fingerprint density at radius 1 is 1.04 bits per heavy atom. The van der Waals surface area contributed by atoms with Crippen LogP contribution >= 0.6 is 0 Å². The summed E-state index contributed by atoms with van der Waals surface area (Å²) in [6, 6.07) is 8.76. The minimum Gasteiger partial charge on any atom is -0.493 e. The van der Waals surface area contributed by atoms with Crippen molar-refractivity contribution in [3.05, 3.63) is 53.6 Å². The molecule has 0 spiro atoms. The lowest BCUT2D eigenvalue weighted by Gasteiger charge is -2.14. The van der Waals surface area contributed by atoms with E-state index in [1.54, 1.807) is 0 Å². The molecule has 0 aliphatic heterocycles. The Bertz CT molecular complexity index is 836. The molecule has 2 aromatic carbocycles. The number of ether oxygens (including phenoxy) is 3. The molecule has 0 aromatic heterocycles. The van der Waals surface area contributed by atoms with Gasteiger partial charge in [0.15, 0.2) is 18.1 Å². The third-order valence-corrected chi connectivity index (χ3v) is 3.45. The van der Waals surface area contributed by atoms with E-state index in [9.17, 15) is 22.8 Å². The predicted molar refractivity (Wildman–Crippen MR) is 89.9 cm³/mol. The van der Waals surface area contributed by atoms with Crippen molar-refractivity contribution in [1.82, 2.24) is 0 Å². The van der Waals surface area contributed by atoms with Gasteiger partial charge in [0, 0.05) is 0 Å². The van der Waals surface area contributed by atoms with Crippen molar-refractivity contribution in [3.8, 4) is 11.5 Å². The maximum atomic E-state index is 12.9. The van der Waals surface area contributed by atoms with Crippen LogP contribution in [-0.2, 0) is 15.7 Å². The van der Waals surface area contributed by atoms with E-state index in [1.165, 1.54) is 44.6 Å². The number of hydrogen-bond acceptors (Lipinski definition) is 5. The van der Waals surface area contributed by atoms with Gasteiger partial charge < -0.3 is 19.5 Å². The number of hydrogen-bond donors (Lipinski definition) is 1. The first kappa shape index (κ1) is 20.1. The molecule has 0 heterocycles. The lowest BCUT2D eigenvalue weighted by Crippen LogP contribution is -2.22. The Hall–Kier alpha value is -3.23. The number of benzene rings is 2. The van der Waals surface area contributed by atoms with Crippen molar-refractivity contribution in [3.63, 3.8) is 0 Å². The molecule has 0 aliphatic carbocycles. The van der Waals surface area contributed by atoms with Crippen LogP contribution in [0.5, 0.6) is 11.5 Å². The van der Waals surface area contributed by atoms with Crippen LogP contribution in [0.3, 0.4) is 0 Å². The van der Waals surface area contributed by atoms with Gasteiger partial charge in [-0.2, -0.15) is 13.2 Å². The van der Waals surface area contributed by atoms with Crippen LogP contribution in [0.25, 0.3) is 0 Å². The van der Waals surface area contributed by atoms with Gasteiger partial charge >= 0.3 is 12.1 Å². The zero-order chi connectivity index (χ0) is 20.0. The van der Waals surface area contributed by atoms with E-state index in [0.29, 0.717) is 0 Å². The number of anilines is 1. The monoisotopic (exact) mass is 383 g/mol. The van der Waals surface area contributed by atoms with E-state index in [0.717, 1.165) is 12.1 Å². The van der Waals surface area contributed by atoms with Crippen molar-refractivity contribution < 1.29 is 37.0 Å². The summed E-state index contributed by atoms with van der Waals surface area (Å²) in [5.74, 6) is -1.06. The maximum Gasteiger partial charge on any atom is 0.418 e. The number of alkyl halides is 3. The van der Waals surface area contributed by atoms with Crippen molar-refractivity contribution >= 4 is 17.6 Å². The first-order valence-corrected chi connectivity index (χ1v) is 7.61. The fraction of sp³-hybridized carbons (Fsp3) is 0.222. The topological polar surface area (TPSA) is 73.9 Å². The molecule has 2 aromatic rings. The molecule has 9 heteroatoms. The summed E-state index contributed by atoms with van der Waals surface area (Å²) in [6.07, 6.45) is -4.60. The minimum absolute atomic E-state index is 0.143. The second kappa shape index (κ2) is 8.43. The summed E-state index contributed by atoms with van der Waals surface area (Å²) >= 11 is 0. The van der Waals surface area contributed by atoms with Crippen LogP contribution in [0.4, 0.5) is 18.9 Å². The van der Waals surface area contributed by atoms with Gasteiger partial charge in [-0.1, -0.05) is 12.1 Å². The Kier molecular flexibility index (Phi) is 6.27. The number of esters is 1. The number of methoxy groups -OCH3 is 2. The van der Waals surface area contributed by atoms with Gasteiger partial charge in [0.05, 0.1) is 31.0 Å². The third-order valence-electron chi connectivity index (χ3n) is 3.45. The highest BCUT2D eigenvalue weighted by Gasteiger charge is 2.33. The average molecular weight is 383 g/mol. The zero-order valence-electron chi connectivity index (χ0n) is 14.4. The second-order valence-corrected chi connectivity index (χ2v) is 5.24. The number of para-hydroxylation sites is 1. The summed E-state index contributed by atoms with van der Waals surface area (Å²) in [6.45, 7) is -0.555. The molecule has 27 heavy (non-hydrogen) atoms. The maximum absolute atomic E-state index is 12.9. The fourth-order valence-electron chi connectivity index (χ4n) is 2.20. The summed E-state index contributed by atoms with van der Waals surface area (Å²) in [5, 5.41) is 2.16. The molecule has 144 valence electrons. The molecule has 0 radical (unpaired) electrons. The van der Waals surface area contributed by atoms with E-state index in [-0.39, 0.29) is 22.7 Å². The largest absolute Gasteiger partial charge is 0.493 e. The highest BCUT2D eigenvalue weighted by molar-refractivity contribution is 5.93. The average Bonchev–Trinajstić information content (AvgIpc) is 2.65. The molecule has 0 unspecified atom stereocenters. The number of carbonyl (C=O) groups excluding carboxylic acids is 2. The molecule has 0 saturated carbocycles.